The number of aryl methyl sites for hydroxylation is 1. The van der Waals surface area contributed by atoms with Crippen LogP contribution in [0.4, 0.5) is 0 Å². The van der Waals surface area contributed by atoms with Crippen molar-refractivity contribution < 1.29 is 4.79 Å². The van der Waals surface area contributed by atoms with Gasteiger partial charge in [-0.15, -0.1) is 11.3 Å². The molecule has 0 fully saturated rings. The Balaban J connectivity index is 1.87. The summed E-state index contributed by atoms with van der Waals surface area (Å²) in [6, 6.07) is 10.3. The number of fused-ring (bicyclic) bond motifs is 1. The van der Waals surface area contributed by atoms with Crippen molar-refractivity contribution in [3.05, 3.63) is 81.5 Å². The second-order valence-corrected chi connectivity index (χ2v) is 8.28. The van der Waals surface area contributed by atoms with Crippen molar-refractivity contribution in [2.75, 3.05) is 6.54 Å². The van der Waals surface area contributed by atoms with Gasteiger partial charge in [-0.1, -0.05) is 42.4 Å². The summed E-state index contributed by atoms with van der Waals surface area (Å²) in [4.78, 5) is 23.8. The highest BCUT2D eigenvalue weighted by Crippen LogP contribution is 2.43. The SMILES string of the molecule is C=CC(=O)N1Cc2sc(Cl)cc2[C@@H](c2ccccc2-c2cncnc2C)C1. The molecule has 0 aliphatic carbocycles. The Kier molecular flexibility index (Phi) is 4.81. The van der Waals surface area contributed by atoms with Crippen LogP contribution < -0.4 is 0 Å². The first-order chi connectivity index (χ1) is 13.1. The van der Waals surface area contributed by atoms with Crippen LogP contribution in [-0.4, -0.2) is 27.3 Å². The maximum atomic E-state index is 12.3. The Morgan fingerprint density at radius 2 is 2.15 bits per heavy atom. The second-order valence-electron chi connectivity index (χ2n) is 6.51. The van der Waals surface area contributed by atoms with Crippen LogP contribution in [0.25, 0.3) is 11.1 Å². The molecule has 1 aromatic carbocycles. The van der Waals surface area contributed by atoms with Crippen molar-refractivity contribution >= 4 is 28.8 Å². The van der Waals surface area contributed by atoms with E-state index in [1.807, 2.05) is 36.2 Å². The number of halogens is 1. The van der Waals surface area contributed by atoms with E-state index in [1.165, 1.54) is 23.0 Å². The van der Waals surface area contributed by atoms with Crippen LogP contribution >= 0.6 is 22.9 Å². The molecule has 1 amide bonds. The minimum absolute atomic E-state index is 0.0391. The molecule has 1 aliphatic rings. The van der Waals surface area contributed by atoms with Crippen LogP contribution in [0.1, 0.15) is 27.6 Å². The van der Waals surface area contributed by atoms with Crippen molar-refractivity contribution in [3.8, 4) is 11.1 Å². The van der Waals surface area contributed by atoms with Gasteiger partial charge in [0.1, 0.15) is 6.33 Å². The predicted molar refractivity (Wildman–Crippen MR) is 109 cm³/mol. The van der Waals surface area contributed by atoms with Gasteiger partial charge in [0.15, 0.2) is 0 Å². The molecule has 0 spiro atoms. The maximum Gasteiger partial charge on any atom is 0.246 e. The van der Waals surface area contributed by atoms with Gasteiger partial charge in [0.05, 0.1) is 10.9 Å². The molecule has 1 atom stereocenters. The summed E-state index contributed by atoms with van der Waals surface area (Å²) >= 11 is 7.86. The molecule has 27 heavy (non-hydrogen) atoms. The molecule has 0 saturated heterocycles. The lowest BCUT2D eigenvalue weighted by atomic mass is 9.84. The van der Waals surface area contributed by atoms with E-state index in [0.29, 0.717) is 13.1 Å². The first-order valence-electron chi connectivity index (χ1n) is 8.64. The molecular weight excluding hydrogens is 378 g/mol. The van der Waals surface area contributed by atoms with Crippen molar-refractivity contribution in [2.45, 2.75) is 19.4 Å². The van der Waals surface area contributed by atoms with E-state index < -0.39 is 0 Å². The molecule has 0 bridgehead atoms. The van der Waals surface area contributed by atoms with E-state index in [9.17, 15) is 4.79 Å². The molecule has 6 heteroatoms. The zero-order valence-corrected chi connectivity index (χ0v) is 16.4. The third-order valence-corrected chi connectivity index (χ3v) is 6.21. The predicted octanol–water partition coefficient (Wildman–Crippen LogP) is 4.83. The van der Waals surface area contributed by atoms with Crippen LogP contribution in [0.2, 0.25) is 4.34 Å². The molecule has 136 valence electrons. The number of hydrogen-bond donors (Lipinski definition) is 0. The number of amides is 1. The smallest absolute Gasteiger partial charge is 0.246 e. The number of nitrogens with zero attached hydrogens (tertiary/aromatic N) is 3. The molecule has 3 heterocycles. The summed E-state index contributed by atoms with van der Waals surface area (Å²) in [6.07, 6.45) is 4.78. The number of thiophene rings is 1. The number of benzene rings is 1. The number of rotatable bonds is 3. The van der Waals surface area contributed by atoms with Gasteiger partial charge in [-0.3, -0.25) is 4.79 Å². The number of aromatic nitrogens is 2. The van der Waals surface area contributed by atoms with Crippen molar-refractivity contribution in [1.82, 2.24) is 14.9 Å². The first kappa shape index (κ1) is 17.9. The highest BCUT2D eigenvalue weighted by atomic mass is 35.5. The fraction of sp³-hybridized carbons (Fsp3) is 0.190. The molecular formula is C21H18ClN3OS. The summed E-state index contributed by atoms with van der Waals surface area (Å²) < 4.78 is 0.745. The molecule has 1 aliphatic heterocycles. The van der Waals surface area contributed by atoms with Crippen molar-refractivity contribution in [2.24, 2.45) is 0 Å². The van der Waals surface area contributed by atoms with Gasteiger partial charge in [-0.05, 0) is 35.8 Å². The lowest BCUT2D eigenvalue weighted by Crippen LogP contribution is -2.37. The molecule has 0 saturated carbocycles. The van der Waals surface area contributed by atoms with E-state index in [4.69, 9.17) is 11.6 Å². The fourth-order valence-corrected chi connectivity index (χ4v) is 5.01. The van der Waals surface area contributed by atoms with Gasteiger partial charge >= 0.3 is 0 Å². The lowest BCUT2D eigenvalue weighted by Gasteiger charge is -2.33. The Hall–Kier alpha value is -2.50. The van der Waals surface area contributed by atoms with Gasteiger partial charge < -0.3 is 4.90 Å². The summed E-state index contributed by atoms with van der Waals surface area (Å²) in [5, 5.41) is 0. The van der Waals surface area contributed by atoms with Gasteiger partial charge in [0, 0.05) is 34.8 Å². The van der Waals surface area contributed by atoms with Crippen LogP contribution in [-0.2, 0) is 11.3 Å². The highest BCUT2D eigenvalue weighted by molar-refractivity contribution is 7.16. The molecule has 0 radical (unpaired) electrons. The quantitative estimate of drug-likeness (QED) is 0.597. The third-order valence-electron chi connectivity index (χ3n) is 4.95. The Labute approximate surface area is 167 Å². The molecule has 0 unspecified atom stereocenters. The Morgan fingerprint density at radius 1 is 1.33 bits per heavy atom. The third kappa shape index (κ3) is 3.29. The van der Waals surface area contributed by atoms with E-state index in [-0.39, 0.29) is 11.8 Å². The molecule has 2 aromatic heterocycles. The molecule has 0 N–H and O–H groups in total. The van der Waals surface area contributed by atoms with E-state index in [2.05, 4.69) is 28.7 Å². The number of carbonyl (C=O) groups excluding carboxylic acids is 1. The topological polar surface area (TPSA) is 46.1 Å². The molecule has 4 rings (SSSR count). The van der Waals surface area contributed by atoms with Crippen LogP contribution in [0.3, 0.4) is 0 Å². The minimum Gasteiger partial charge on any atom is -0.333 e. The van der Waals surface area contributed by atoms with Crippen LogP contribution in [0.15, 0.2) is 55.5 Å². The summed E-state index contributed by atoms with van der Waals surface area (Å²) in [5.74, 6) is -0.0240. The van der Waals surface area contributed by atoms with Crippen LogP contribution in [0.5, 0.6) is 0 Å². The number of carbonyl (C=O) groups is 1. The van der Waals surface area contributed by atoms with Gasteiger partial charge in [0.25, 0.3) is 0 Å². The van der Waals surface area contributed by atoms with Gasteiger partial charge in [0.2, 0.25) is 5.91 Å². The Bertz CT molecular complexity index is 1030. The van der Waals surface area contributed by atoms with E-state index >= 15 is 0 Å². The normalized spacial score (nSPS) is 16.1. The highest BCUT2D eigenvalue weighted by Gasteiger charge is 2.31. The summed E-state index contributed by atoms with van der Waals surface area (Å²) in [7, 11) is 0. The summed E-state index contributed by atoms with van der Waals surface area (Å²) in [5.41, 5.74) is 5.36. The molecule has 3 aromatic rings. The lowest BCUT2D eigenvalue weighted by molar-refractivity contribution is -0.127. The van der Waals surface area contributed by atoms with Crippen molar-refractivity contribution in [1.29, 1.82) is 0 Å². The zero-order valence-electron chi connectivity index (χ0n) is 14.9. The van der Waals surface area contributed by atoms with E-state index in [0.717, 1.165) is 31.6 Å². The first-order valence-corrected chi connectivity index (χ1v) is 9.83. The fourth-order valence-electron chi connectivity index (χ4n) is 3.65. The largest absolute Gasteiger partial charge is 0.333 e. The second kappa shape index (κ2) is 7.25. The van der Waals surface area contributed by atoms with Gasteiger partial charge in [-0.25, -0.2) is 9.97 Å². The maximum absolute atomic E-state index is 12.3. The summed E-state index contributed by atoms with van der Waals surface area (Å²) in [6.45, 7) is 6.79. The minimum atomic E-state index is -0.0631. The average molecular weight is 396 g/mol. The zero-order chi connectivity index (χ0) is 19.0. The van der Waals surface area contributed by atoms with Crippen LogP contribution in [0, 0.1) is 6.92 Å². The van der Waals surface area contributed by atoms with Gasteiger partial charge in [-0.2, -0.15) is 0 Å². The number of hydrogen-bond acceptors (Lipinski definition) is 4. The average Bonchev–Trinajstić information content (AvgIpc) is 3.07. The van der Waals surface area contributed by atoms with Crippen molar-refractivity contribution in [3.63, 3.8) is 0 Å². The molecule has 4 nitrogen and oxygen atoms in total. The Morgan fingerprint density at radius 3 is 2.93 bits per heavy atom. The van der Waals surface area contributed by atoms with E-state index in [1.54, 1.807) is 6.33 Å². The monoisotopic (exact) mass is 395 g/mol. The standard InChI is InChI=1S/C21H18ClN3OS/c1-3-21(26)25-10-18(16-8-20(22)27-19(16)11-25)15-7-5-4-6-14(15)17-9-23-12-24-13(17)2/h3-9,12,18H,1,10-11H2,2H3/t18-/m1/s1.